The monoisotopic (exact) mass is 228 g/mol. The Morgan fingerprint density at radius 1 is 1.29 bits per heavy atom. The molecule has 1 aliphatic rings. The molecule has 1 aromatic rings. The molecule has 14 heavy (non-hydrogen) atoms. The summed E-state index contributed by atoms with van der Waals surface area (Å²) >= 11 is 10.1. The first kappa shape index (κ1) is 10.2. The van der Waals surface area contributed by atoms with Crippen LogP contribution in [0.4, 0.5) is 0 Å². The van der Waals surface area contributed by atoms with Crippen LogP contribution in [-0.4, -0.2) is 12.4 Å². The fourth-order valence-electron chi connectivity index (χ4n) is 1.29. The predicted molar refractivity (Wildman–Crippen MR) is 62.5 cm³/mol. The second kappa shape index (κ2) is 4.03. The van der Waals surface area contributed by atoms with E-state index in [1.165, 1.54) is 12.8 Å². The van der Waals surface area contributed by atoms with Gasteiger partial charge < -0.3 is 4.74 Å². The second-order valence-corrected chi connectivity index (χ2v) is 4.65. The van der Waals surface area contributed by atoms with Gasteiger partial charge in [0.05, 0.1) is 6.61 Å². The van der Waals surface area contributed by atoms with Gasteiger partial charge in [-0.3, -0.25) is 0 Å². The van der Waals surface area contributed by atoms with Crippen LogP contribution in [0.1, 0.15) is 12.8 Å². The van der Waals surface area contributed by atoms with Gasteiger partial charge in [0.1, 0.15) is 5.75 Å². The smallest absolute Gasteiger partial charge is 0.119 e. The zero-order chi connectivity index (χ0) is 10.0. The Bertz CT molecular complexity index is 306. The van der Waals surface area contributed by atoms with E-state index in [2.05, 4.69) is 12.6 Å². The Kier molecular flexibility index (Phi) is 2.93. The lowest BCUT2D eigenvalue weighted by Crippen LogP contribution is -2.14. The van der Waals surface area contributed by atoms with E-state index >= 15 is 0 Å². The quantitative estimate of drug-likeness (QED) is 0.777. The molecular formula is C11H13ClOS. The van der Waals surface area contributed by atoms with Crippen LogP contribution in [0, 0.1) is 5.41 Å². The number of benzene rings is 1. The zero-order valence-electron chi connectivity index (χ0n) is 7.87. The molecule has 0 N–H and O–H groups in total. The van der Waals surface area contributed by atoms with Crippen molar-refractivity contribution in [1.82, 2.24) is 0 Å². The van der Waals surface area contributed by atoms with E-state index in [4.69, 9.17) is 16.3 Å². The van der Waals surface area contributed by atoms with Gasteiger partial charge in [-0.25, -0.2) is 0 Å². The lowest BCUT2D eigenvalue weighted by atomic mass is 10.2. The average molecular weight is 229 g/mol. The number of thiol groups is 1. The molecule has 2 rings (SSSR count). The van der Waals surface area contributed by atoms with Gasteiger partial charge in [0.25, 0.3) is 0 Å². The third-order valence-corrected chi connectivity index (χ3v) is 3.57. The van der Waals surface area contributed by atoms with Crippen molar-refractivity contribution in [1.29, 1.82) is 0 Å². The third kappa shape index (κ3) is 2.37. The fourth-order valence-corrected chi connectivity index (χ4v) is 1.83. The minimum Gasteiger partial charge on any atom is -0.493 e. The van der Waals surface area contributed by atoms with E-state index < -0.39 is 0 Å². The van der Waals surface area contributed by atoms with Crippen LogP contribution < -0.4 is 4.74 Å². The largest absolute Gasteiger partial charge is 0.493 e. The van der Waals surface area contributed by atoms with Gasteiger partial charge in [-0.1, -0.05) is 11.6 Å². The van der Waals surface area contributed by atoms with E-state index in [0.717, 1.165) is 23.1 Å². The molecule has 1 saturated carbocycles. The average Bonchev–Trinajstić information content (AvgIpc) is 2.98. The predicted octanol–water partition coefficient (Wildman–Crippen LogP) is 3.43. The molecule has 1 aliphatic carbocycles. The minimum absolute atomic E-state index is 0.350. The lowest BCUT2D eigenvalue weighted by molar-refractivity contribution is 0.251. The van der Waals surface area contributed by atoms with Gasteiger partial charge in [-0.05, 0) is 42.9 Å². The van der Waals surface area contributed by atoms with E-state index in [1.807, 2.05) is 24.3 Å². The summed E-state index contributed by atoms with van der Waals surface area (Å²) in [4.78, 5) is 0. The molecule has 0 aromatic heterocycles. The summed E-state index contributed by atoms with van der Waals surface area (Å²) < 4.78 is 5.67. The molecule has 3 heteroatoms. The highest BCUT2D eigenvalue weighted by molar-refractivity contribution is 7.80. The summed E-state index contributed by atoms with van der Waals surface area (Å²) in [7, 11) is 0. The molecule has 0 amide bonds. The lowest BCUT2D eigenvalue weighted by Gasteiger charge is -2.13. The van der Waals surface area contributed by atoms with Crippen molar-refractivity contribution in [2.24, 2.45) is 5.41 Å². The Balaban J connectivity index is 1.89. The SMILES string of the molecule is SCC1(COc2ccc(Cl)cc2)CC1. The number of ether oxygens (including phenoxy) is 1. The van der Waals surface area contributed by atoms with Crippen LogP contribution in [0.15, 0.2) is 24.3 Å². The van der Waals surface area contributed by atoms with Crippen molar-refractivity contribution < 1.29 is 4.74 Å². The van der Waals surface area contributed by atoms with Crippen LogP contribution in [0.5, 0.6) is 5.75 Å². The number of hydrogen-bond acceptors (Lipinski definition) is 2. The number of rotatable bonds is 4. The maximum Gasteiger partial charge on any atom is 0.119 e. The number of hydrogen-bond donors (Lipinski definition) is 1. The molecule has 0 atom stereocenters. The first-order chi connectivity index (χ1) is 6.74. The van der Waals surface area contributed by atoms with Gasteiger partial charge in [0.15, 0.2) is 0 Å². The fraction of sp³-hybridized carbons (Fsp3) is 0.455. The first-order valence-electron chi connectivity index (χ1n) is 4.73. The highest BCUT2D eigenvalue weighted by Gasteiger charge is 2.42. The van der Waals surface area contributed by atoms with Crippen LogP contribution in [0.3, 0.4) is 0 Å². The Labute approximate surface area is 94.8 Å². The standard InChI is InChI=1S/C11H13ClOS/c12-9-1-3-10(4-2-9)13-7-11(8-14)5-6-11/h1-4,14H,5-8H2. The molecule has 0 radical (unpaired) electrons. The van der Waals surface area contributed by atoms with Crippen molar-refractivity contribution in [3.8, 4) is 5.75 Å². The highest BCUT2D eigenvalue weighted by atomic mass is 35.5. The van der Waals surface area contributed by atoms with Crippen molar-refractivity contribution in [3.05, 3.63) is 29.3 Å². The van der Waals surface area contributed by atoms with E-state index in [9.17, 15) is 0 Å². The van der Waals surface area contributed by atoms with Crippen molar-refractivity contribution in [2.45, 2.75) is 12.8 Å². The molecule has 1 nitrogen and oxygen atoms in total. The molecule has 1 aromatic carbocycles. The van der Waals surface area contributed by atoms with Crippen LogP contribution in [0.25, 0.3) is 0 Å². The maximum absolute atomic E-state index is 5.77. The van der Waals surface area contributed by atoms with E-state index in [1.54, 1.807) is 0 Å². The second-order valence-electron chi connectivity index (χ2n) is 3.90. The molecule has 1 fully saturated rings. The first-order valence-corrected chi connectivity index (χ1v) is 5.74. The van der Waals surface area contributed by atoms with Crippen LogP contribution in [0.2, 0.25) is 5.02 Å². The van der Waals surface area contributed by atoms with Crippen LogP contribution >= 0.6 is 24.2 Å². The molecule has 0 bridgehead atoms. The van der Waals surface area contributed by atoms with Crippen molar-refractivity contribution in [3.63, 3.8) is 0 Å². The molecule has 0 unspecified atom stereocenters. The van der Waals surface area contributed by atoms with Gasteiger partial charge in [0, 0.05) is 10.4 Å². The van der Waals surface area contributed by atoms with Gasteiger partial charge in [0.2, 0.25) is 0 Å². The Morgan fingerprint density at radius 2 is 1.93 bits per heavy atom. The molecular weight excluding hydrogens is 216 g/mol. The molecule has 0 spiro atoms. The Hall–Kier alpha value is -0.340. The van der Waals surface area contributed by atoms with Crippen molar-refractivity contribution >= 4 is 24.2 Å². The summed E-state index contributed by atoms with van der Waals surface area (Å²) in [6.07, 6.45) is 2.48. The van der Waals surface area contributed by atoms with Crippen molar-refractivity contribution in [2.75, 3.05) is 12.4 Å². The summed E-state index contributed by atoms with van der Waals surface area (Å²) in [6, 6.07) is 7.49. The molecule has 0 aliphatic heterocycles. The minimum atomic E-state index is 0.350. The third-order valence-electron chi connectivity index (χ3n) is 2.65. The summed E-state index contributed by atoms with van der Waals surface area (Å²) in [5.74, 6) is 1.81. The summed E-state index contributed by atoms with van der Waals surface area (Å²) in [6.45, 7) is 0.776. The van der Waals surface area contributed by atoms with Gasteiger partial charge in [-0.15, -0.1) is 0 Å². The maximum atomic E-state index is 5.77. The topological polar surface area (TPSA) is 9.23 Å². The summed E-state index contributed by atoms with van der Waals surface area (Å²) in [5.41, 5.74) is 0.350. The normalized spacial score (nSPS) is 17.9. The summed E-state index contributed by atoms with van der Waals surface area (Å²) in [5, 5.41) is 0.743. The van der Waals surface area contributed by atoms with E-state index in [0.29, 0.717) is 5.41 Å². The van der Waals surface area contributed by atoms with Gasteiger partial charge >= 0.3 is 0 Å². The zero-order valence-corrected chi connectivity index (χ0v) is 9.52. The molecule has 76 valence electrons. The highest BCUT2D eigenvalue weighted by Crippen LogP contribution is 2.46. The number of halogens is 1. The van der Waals surface area contributed by atoms with Gasteiger partial charge in [-0.2, -0.15) is 12.6 Å². The Morgan fingerprint density at radius 3 is 2.43 bits per heavy atom. The van der Waals surface area contributed by atoms with E-state index in [-0.39, 0.29) is 0 Å². The molecule has 0 saturated heterocycles. The van der Waals surface area contributed by atoms with Crippen LogP contribution in [-0.2, 0) is 0 Å². The molecule has 0 heterocycles.